The largest absolute Gasteiger partial charge is 0.454 e. The fraction of sp³-hybridized carbons (Fsp3) is 0.429. The van der Waals surface area contributed by atoms with Gasteiger partial charge in [0.05, 0.1) is 18.6 Å². The highest BCUT2D eigenvalue weighted by Gasteiger charge is 2.25. The molecule has 150 valence electrons. The van der Waals surface area contributed by atoms with Gasteiger partial charge in [0.15, 0.2) is 17.3 Å². The molecule has 0 radical (unpaired) electrons. The first-order chi connectivity index (χ1) is 14.3. The number of thiophene rings is 1. The molecule has 2 aromatic heterocycles. The molecule has 1 saturated heterocycles. The lowest BCUT2D eigenvalue weighted by molar-refractivity contribution is -0.922. The molecule has 1 fully saturated rings. The first-order valence-corrected chi connectivity index (χ1v) is 10.9. The Hall–Kier alpha value is -2.42. The van der Waals surface area contributed by atoms with Gasteiger partial charge < -0.3 is 23.8 Å². The minimum atomic E-state index is 0.251. The van der Waals surface area contributed by atoms with E-state index >= 15 is 0 Å². The van der Waals surface area contributed by atoms with Crippen LogP contribution >= 0.6 is 11.3 Å². The quantitative estimate of drug-likeness (QED) is 0.708. The molecule has 0 atom stereocenters. The highest BCUT2D eigenvalue weighted by molar-refractivity contribution is 7.19. The average Bonchev–Trinajstić information content (AvgIpc) is 3.44. The number of quaternary nitrogens is 1. The van der Waals surface area contributed by atoms with Crippen molar-refractivity contribution in [1.82, 2.24) is 9.97 Å². The van der Waals surface area contributed by atoms with Gasteiger partial charge in [0.1, 0.15) is 30.2 Å². The summed E-state index contributed by atoms with van der Waals surface area (Å²) in [6.45, 7) is 4.61. The van der Waals surface area contributed by atoms with Gasteiger partial charge in [-0.05, 0) is 37.0 Å². The molecular weight excluding hydrogens is 390 g/mol. The van der Waals surface area contributed by atoms with E-state index in [1.807, 2.05) is 18.2 Å². The third-order valence-corrected chi connectivity index (χ3v) is 6.93. The highest BCUT2D eigenvalue weighted by atomic mass is 32.1. The Labute approximate surface area is 172 Å². The minimum absolute atomic E-state index is 0.251. The molecule has 1 aliphatic carbocycles. The molecule has 6 rings (SSSR count). The van der Waals surface area contributed by atoms with Crippen LogP contribution in [-0.4, -0.2) is 43.1 Å². The van der Waals surface area contributed by atoms with Crippen LogP contribution in [0.2, 0.25) is 0 Å². The fourth-order valence-electron chi connectivity index (χ4n) is 4.27. The van der Waals surface area contributed by atoms with Gasteiger partial charge >= 0.3 is 0 Å². The molecule has 2 aliphatic heterocycles. The minimum Gasteiger partial charge on any atom is -0.454 e. The van der Waals surface area contributed by atoms with E-state index in [4.69, 9.17) is 28.9 Å². The van der Waals surface area contributed by atoms with Crippen LogP contribution in [0.4, 0.5) is 0 Å². The van der Waals surface area contributed by atoms with Crippen LogP contribution in [0.15, 0.2) is 18.2 Å². The smallest absolute Gasteiger partial charge is 0.231 e. The Balaban J connectivity index is 1.39. The first kappa shape index (κ1) is 17.4. The Morgan fingerprint density at radius 2 is 1.97 bits per heavy atom. The van der Waals surface area contributed by atoms with Crippen LogP contribution < -0.4 is 19.1 Å². The number of morpholine rings is 1. The maximum Gasteiger partial charge on any atom is 0.231 e. The van der Waals surface area contributed by atoms with Crippen molar-refractivity contribution in [3.63, 3.8) is 0 Å². The van der Waals surface area contributed by atoms with Crippen molar-refractivity contribution >= 4 is 21.6 Å². The van der Waals surface area contributed by atoms with Crippen molar-refractivity contribution in [2.45, 2.75) is 25.8 Å². The summed E-state index contributed by atoms with van der Waals surface area (Å²) in [4.78, 5) is 13.7. The zero-order chi connectivity index (χ0) is 19.2. The second-order valence-corrected chi connectivity index (χ2v) is 8.72. The van der Waals surface area contributed by atoms with Gasteiger partial charge in [0.2, 0.25) is 12.7 Å². The van der Waals surface area contributed by atoms with Crippen LogP contribution in [0.5, 0.6) is 23.1 Å². The van der Waals surface area contributed by atoms with Crippen LogP contribution in [-0.2, 0) is 24.1 Å². The van der Waals surface area contributed by atoms with Crippen molar-refractivity contribution < 1.29 is 23.8 Å². The summed E-state index contributed by atoms with van der Waals surface area (Å²) in [6.07, 6.45) is 3.40. The standard InChI is InChI=1S/C21H21N3O4S/c1-2-14-17(3-1)29-21-19(14)20(22-18(23-21)11-24-6-8-25-9-7-24)28-13-4-5-15-16(10-13)27-12-26-15/h4-5,10H,1-3,6-9,11-12H2/p+1. The molecule has 29 heavy (non-hydrogen) atoms. The van der Waals surface area contributed by atoms with Gasteiger partial charge in [-0.3, -0.25) is 0 Å². The first-order valence-electron chi connectivity index (χ1n) is 10.1. The molecule has 0 spiro atoms. The van der Waals surface area contributed by atoms with E-state index in [9.17, 15) is 0 Å². The number of rotatable bonds is 4. The third kappa shape index (κ3) is 3.21. The highest BCUT2D eigenvalue weighted by Crippen LogP contribution is 2.42. The molecule has 0 unspecified atom stereocenters. The summed E-state index contributed by atoms with van der Waals surface area (Å²) in [5, 5.41) is 1.08. The summed E-state index contributed by atoms with van der Waals surface area (Å²) in [6, 6.07) is 5.66. The molecular formula is C21H22N3O4S+. The van der Waals surface area contributed by atoms with E-state index in [-0.39, 0.29) is 6.79 Å². The molecule has 0 bridgehead atoms. The Kier molecular flexibility index (Phi) is 4.28. The van der Waals surface area contributed by atoms with Crippen molar-refractivity contribution in [3.8, 4) is 23.1 Å². The van der Waals surface area contributed by atoms with Crippen LogP contribution in [0, 0.1) is 0 Å². The predicted octanol–water partition coefficient (Wildman–Crippen LogP) is 2.12. The van der Waals surface area contributed by atoms with E-state index in [0.717, 1.165) is 67.5 Å². The van der Waals surface area contributed by atoms with E-state index in [2.05, 4.69) is 0 Å². The maximum absolute atomic E-state index is 6.32. The number of ether oxygens (including phenoxy) is 4. The second kappa shape index (κ2) is 7.12. The van der Waals surface area contributed by atoms with Gasteiger partial charge in [-0.15, -0.1) is 11.3 Å². The molecule has 3 aliphatic rings. The lowest BCUT2D eigenvalue weighted by Gasteiger charge is -2.23. The molecule has 8 heteroatoms. The van der Waals surface area contributed by atoms with Gasteiger partial charge in [0.25, 0.3) is 0 Å². The molecule has 4 heterocycles. The molecule has 1 aromatic carbocycles. The Bertz CT molecular complexity index is 1080. The number of benzene rings is 1. The number of aromatic nitrogens is 2. The molecule has 3 aromatic rings. The van der Waals surface area contributed by atoms with Gasteiger partial charge in [-0.25, -0.2) is 4.98 Å². The van der Waals surface area contributed by atoms with E-state index in [0.29, 0.717) is 17.4 Å². The maximum atomic E-state index is 6.32. The SMILES string of the molecule is c1cc2c(cc1Oc1nc(C[NH+]3CCOCC3)nc3sc4c(c13)CCC4)OCO2. The lowest BCUT2D eigenvalue weighted by Crippen LogP contribution is -3.12. The molecule has 7 nitrogen and oxygen atoms in total. The zero-order valence-electron chi connectivity index (χ0n) is 16.0. The topological polar surface area (TPSA) is 67.1 Å². The summed E-state index contributed by atoms with van der Waals surface area (Å²) >= 11 is 1.80. The van der Waals surface area contributed by atoms with Crippen molar-refractivity contribution in [2.24, 2.45) is 0 Å². The number of aryl methyl sites for hydroxylation is 2. The van der Waals surface area contributed by atoms with Gasteiger partial charge in [-0.2, -0.15) is 4.98 Å². The molecule has 0 amide bonds. The number of nitrogens with one attached hydrogen (secondary N) is 1. The normalized spacial score (nSPS) is 18.3. The number of fused-ring (bicyclic) bond motifs is 4. The van der Waals surface area contributed by atoms with Crippen molar-refractivity contribution in [2.75, 3.05) is 33.1 Å². The monoisotopic (exact) mass is 412 g/mol. The molecule has 0 saturated carbocycles. The Morgan fingerprint density at radius 1 is 1.07 bits per heavy atom. The van der Waals surface area contributed by atoms with Gasteiger partial charge in [-0.1, -0.05) is 0 Å². The summed E-state index contributed by atoms with van der Waals surface area (Å²) in [7, 11) is 0. The summed E-state index contributed by atoms with van der Waals surface area (Å²) < 4.78 is 22.7. The second-order valence-electron chi connectivity index (χ2n) is 7.64. The van der Waals surface area contributed by atoms with E-state index < -0.39 is 0 Å². The summed E-state index contributed by atoms with van der Waals surface area (Å²) in [5.41, 5.74) is 1.37. The van der Waals surface area contributed by atoms with Crippen molar-refractivity contribution in [1.29, 1.82) is 0 Å². The van der Waals surface area contributed by atoms with Crippen molar-refractivity contribution in [3.05, 3.63) is 34.5 Å². The van der Waals surface area contributed by atoms with Crippen LogP contribution in [0.25, 0.3) is 10.2 Å². The predicted molar refractivity (Wildman–Crippen MR) is 107 cm³/mol. The number of nitrogens with zero attached hydrogens (tertiary/aromatic N) is 2. The van der Waals surface area contributed by atoms with Gasteiger partial charge in [0, 0.05) is 10.9 Å². The fourth-order valence-corrected chi connectivity index (χ4v) is 5.54. The van der Waals surface area contributed by atoms with E-state index in [1.165, 1.54) is 21.8 Å². The summed E-state index contributed by atoms with van der Waals surface area (Å²) in [5.74, 6) is 3.66. The molecule has 1 N–H and O–H groups in total. The number of hydrogen-bond donors (Lipinski definition) is 1. The van der Waals surface area contributed by atoms with E-state index in [1.54, 1.807) is 11.3 Å². The zero-order valence-corrected chi connectivity index (χ0v) is 16.8. The van der Waals surface area contributed by atoms with Crippen LogP contribution in [0.3, 0.4) is 0 Å². The van der Waals surface area contributed by atoms with Crippen LogP contribution in [0.1, 0.15) is 22.7 Å². The average molecular weight is 412 g/mol. The Morgan fingerprint density at radius 3 is 2.90 bits per heavy atom. The number of hydrogen-bond acceptors (Lipinski definition) is 7. The third-order valence-electron chi connectivity index (χ3n) is 5.74. The lowest BCUT2D eigenvalue weighted by atomic mass is 10.2.